The molecule has 1 unspecified atom stereocenters. The quantitative estimate of drug-likeness (QED) is 0.217. The van der Waals surface area contributed by atoms with E-state index in [2.05, 4.69) is 34.6 Å². The molecule has 0 saturated heterocycles. The van der Waals surface area contributed by atoms with Gasteiger partial charge in [0.05, 0.1) is 7.11 Å². The van der Waals surface area contributed by atoms with Crippen LogP contribution in [0.25, 0.3) is 11.4 Å². The number of aliphatic hydroxyl groups excluding tert-OH is 1. The van der Waals surface area contributed by atoms with Crippen molar-refractivity contribution in [3.8, 4) is 17.1 Å². The van der Waals surface area contributed by atoms with E-state index in [1.165, 1.54) is 0 Å². The van der Waals surface area contributed by atoms with E-state index in [4.69, 9.17) is 14.3 Å². The van der Waals surface area contributed by atoms with E-state index in [9.17, 15) is 5.11 Å². The average Bonchev–Trinajstić information content (AvgIpc) is 3.28. The highest BCUT2D eigenvalue weighted by Gasteiger charge is 2.09. The molecule has 0 fully saturated rings. The molecule has 178 valence electrons. The number of methoxy groups -OCH3 is 1. The summed E-state index contributed by atoms with van der Waals surface area (Å²) in [5, 5.41) is 20.0. The molecule has 0 spiro atoms. The summed E-state index contributed by atoms with van der Waals surface area (Å²) in [5.74, 6) is 3.38. The maximum Gasteiger partial charge on any atom is 0.226 e. The van der Waals surface area contributed by atoms with Crippen molar-refractivity contribution in [2.24, 2.45) is 10.9 Å². The first-order valence-corrected chi connectivity index (χ1v) is 11.8. The molecule has 0 amide bonds. The molecule has 0 aliphatic rings. The highest BCUT2D eigenvalue weighted by molar-refractivity contribution is 5.79. The number of hydrogen-bond acceptors (Lipinski definition) is 6. The Kier molecular flexibility index (Phi) is 12.2. The number of nitrogens with one attached hydrogen (secondary N) is 2. The Labute approximate surface area is 191 Å². The fourth-order valence-corrected chi connectivity index (χ4v) is 3.48. The number of aliphatic hydroxyl groups is 1. The van der Waals surface area contributed by atoms with Gasteiger partial charge in [0, 0.05) is 38.2 Å². The van der Waals surface area contributed by atoms with Crippen molar-refractivity contribution in [1.29, 1.82) is 0 Å². The van der Waals surface area contributed by atoms with E-state index >= 15 is 0 Å². The summed E-state index contributed by atoms with van der Waals surface area (Å²) in [7, 11) is 1.65. The zero-order valence-corrected chi connectivity index (χ0v) is 19.8. The van der Waals surface area contributed by atoms with Crippen molar-refractivity contribution < 1.29 is 14.4 Å². The van der Waals surface area contributed by atoms with Crippen LogP contribution in [-0.4, -0.2) is 54.6 Å². The van der Waals surface area contributed by atoms with Crippen molar-refractivity contribution in [2.75, 3.05) is 33.4 Å². The molecule has 1 aromatic carbocycles. The summed E-state index contributed by atoms with van der Waals surface area (Å²) < 4.78 is 10.6. The van der Waals surface area contributed by atoms with Crippen molar-refractivity contribution in [3.63, 3.8) is 0 Å². The number of hydrogen-bond donors (Lipinski definition) is 3. The predicted octanol–water partition coefficient (Wildman–Crippen LogP) is 3.81. The fourth-order valence-electron chi connectivity index (χ4n) is 3.48. The SMILES string of the molecule is CCCC(CCO)CN=C(NCC)NCCCCCc1nc(-c2ccc(OC)cc2)no1. The van der Waals surface area contributed by atoms with E-state index in [-0.39, 0.29) is 6.61 Å². The Morgan fingerprint density at radius 2 is 1.94 bits per heavy atom. The standard InChI is InChI=1S/C24H39N5O3/c1-4-9-19(15-17-30)18-27-24(25-5-2)26-16-8-6-7-10-22-28-23(29-32-22)20-11-13-21(31-3)14-12-20/h11-14,19,30H,4-10,15-18H2,1-3H3,(H2,25,26,27). The number of aliphatic imine (C=N–C) groups is 1. The number of aryl methyl sites for hydroxylation is 1. The molecule has 32 heavy (non-hydrogen) atoms. The topological polar surface area (TPSA) is 105 Å². The first-order valence-electron chi connectivity index (χ1n) is 11.8. The summed E-state index contributed by atoms with van der Waals surface area (Å²) in [6.45, 7) is 6.91. The van der Waals surface area contributed by atoms with Gasteiger partial charge in [-0.2, -0.15) is 4.98 Å². The molecule has 2 aromatic rings. The van der Waals surface area contributed by atoms with Gasteiger partial charge in [0.2, 0.25) is 11.7 Å². The number of nitrogens with zero attached hydrogens (tertiary/aromatic N) is 3. The summed E-state index contributed by atoms with van der Waals surface area (Å²) in [5.41, 5.74) is 0.917. The van der Waals surface area contributed by atoms with Crippen LogP contribution in [0.3, 0.4) is 0 Å². The second-order valence-corrected chi connectivity index (χ2v) is 7.86. The monoisotopic (exact) mass is 445 g/mol. The summed E-state index contributed by atoms with van der Waals surface area (Å²) >= 11 is 0. The Balaban J connectivity index is 1.68. The largest absolute Gasteiger partial charge is 0.497 e. The predicted molar refractivity (Wildman–Crippen MR) is 128 cm³/mol. The van der Waals surface area contributed by atoms with E-state index in [0.717, 1.165) is 81.9 Å². The van der Waals surface area contributed by atoms with Gasteiger partial charge < -0.3 is 25.0 Å². The lowest BCUT2D eigenvalue weighted by molar-refractivity contribution is 0.253. The number of benzene rings is 1. The van der Waals surface area contributed by atoms with E-state index in [1.54, 1.807) is 7.11 Å². The number of rotatable bonds is 15. The molecule has 8 heteroatoms. The van der Waals surface area contributed by atoms with Gasteiger partial charge in [-0.3, -0.25) is 4.99 Å². The lowest BCUT2D eigenvalue weighted by atomic mass is 10.0. The van der Waals surface area contributed by atoms with Gasteiger partial charge in [-0.1, -0.05) is 24.9 Å². The lowest BCUT2D eigenvalue weighted by Crippen LogP contribution is -2.38. The maximum atomic E-state index is 9.22. The van der Waals surface area contributed by atoms with Gasteiger partial charge in [0.15, 0.2) is 5.96 Å². The zero-order valence-electron chi connectivity index (χ0n) is 19.8. The number of ether oxygens (including phenoxy) is 1. The number of guanidine groups is 1. The van der Waals surface area contributed by atoms with Gasteiger partial charge in [-0.15, -0.1) is 0 Å². The minimum absolute atomic E-state index is 0.228. The van der Waals surface area contributed by atoms with Crippen LogP contribution in [0, 0.1) is 5.92 Å². The second kappa shape index (κ2) is 15.2. The molecule has 1 heterocycles. The molecular weight excluding hydrogens is 406 g/mol. The zero-order chi connectivity index (χ0) is 23.0. The van der Waals surface area contributed by atoms with Crippen molar-refractivity contribution in [2.45, 2.75) is 58.8 Å². The molecule has 3 N–H and O–H groups in total. The molecule has 0 saturated carbocycles. The Hall–Kier alpha value is -2.61. The third kappa shape index (κ3) is 9.26. The minimum Gasteiger partial charge on any atom is -0.497 e. The summed E-state index contributed by atoms with van der Waals surface area (Å²) in [4.78, 5) is 9.20. The van der Waals surface area contributed by atoms with Crippen LogP contribution in [0.2, 0.25) is 0 Å². The lowest BCUT2D eigenvalue weighted by Gasteiger charge is -2.15. The van der Waals surface area contributed by atoms with Crippen molar-refractivity contribution in [1.82, 2.24) is 20.8 Å². The normalized spacial score (nSPS) is 12.6. The van der Waals surface area contributed by atoms with E-state index in [0.29, 0.717) is 17.6 Å². The van der Waals surface area contributed by atoms with Crippen LogP contribution in [-0.2, 0) is 6.42 Å². The minimum atomic E-state index is 0.228. The highest BCUT2D eigenvalue weighted by atomic mass is 16.5. The van der Waals surface area contributed by atoms with Crippen LogP contribution >= 0.6 is 0 Å². The van der Waals surface area contributed by atoms with Gasteiger partial charge >= 0.3 is 0 Å². The van der Waals surface area contributed by atoms with Crippen LogP contribution < -0.4 is 15.4 Å². The van der Waals surface area contributed by atoms with Crippen molar-refractivity contribution >= 4 is 5.96 Å². The van der Waals surface area contributed by atoms with Crippen LogP contribution in [0.15, 0.2) is 33.8 Å². The van der Waals surface area contributed by atoms with E-state index in [1.807, 2.05) is 24.3 Å². The summed E-state index contributed by atoms with van der Waals surface area (Å²) in [6.07, 6.45) is 6.90. The number of unbranched alkanes of at least 4 members (excludes halogenated alkanes) is 2. The number of aromatic nitrogens is 2. The van der Waals surface area contributed by atoms with Crippen LogP contribution in [0.5, 0.6) is 5.75 Å². The molecule has 0 bridgehead atoms. The molecule has 1 atom stereocenters. The Bertz CT molecular complexity index is 770. The third-order valence-corrected chi connectivity index (χ3v) is 5.26. The third-order valence-electron chi connectivity index (χ3n) is 5.26. The highest BCUT2D eigenvalue weighted by Crippen LogP contribution is 2.20. The molecule has 1 aromatic heterocycles. The molecule has 0 aliphatic carbocycles. The first kappa shape index (κ1) is 25.6. The molecule has 0 radical (unpaired) electrons. The maximum absolute atomic E-state index is 9.22. The Morgan fingerprint density at radius 3 is 2.62 bits per heavy atom. The van der Waals surface area contributed by atoms with Gasteiger partial charge in [-0.05, 0) is 62.8 Å². The van der Waals surface area contributed by atoms with Gasteiger partial charge in [-0.25, -0.2) is 0 Å². The molecule has 2 rings (SSSR count). The molecule has 0 aliphatic heterocycles. The molecular formula is C24H39N5O3. The Morgan fingerprint density at radius 1 is 1.12 bits per heavy atom. The summed E-state index contributed by atoms with van der Waals surface area (Å²) in [6, 6.07) is 7.63. The van der Waals surface area contributed by atoms with Gasteiger partial charge in [0.25, 0.3) is 0 Å². The van der Waals surface area contributed by atoms with Crippen LogP contribution in [0.1, 0.15) is 58.3 Å². The fraction of sp³-hybridized carbons (Fsp3) is 0.625. The average molecular weight is 446 g/mol. The smallest absolute Gasteiger partial charge is 0.226 e. The molecule has 8 nitrogen and oxygen atoms in total. The second-order valence-electron chi connectivity index (χ2n) is 7.86. The van der Waals surface area contributed by atoms with Crippen LogP contribution in [0.4, 0.5) is 0 Å². The van der Waals surface area contributed by atoms with Crippen molar-refractivity contribution in [3.05, 3.63) is 30.2 Å². The first-order chi connectivity index (χ1) is 15.7. The van der Waals surface area contributed by atoms with E-state index < -0.39 is 0 Å². The van der Waals surface area contributed by atoms with Gasteiger partial charge in [0.1, 0.15) is 5.75 Å².